The van der Waals surface area contributed by atoms with Gasteiger partial charge in [0.05, 0.1) is 29.3 Å². The smallest absolute Gasteiger partial charge is 0.255 e. The molecular weight excluding hydrogens is 455 g/mol. The molecule has 0 bridgehead atoms. The van der Waals surface area contributed by atoms with Crippen LogP contribution in [0.2, 0.25) is 0 Å². The second-order valence-electron chi connectivity index (χ2n) is 7.42. The van der Waals surface area contributed by atoms with Crippen molar-refractivity contribution in [1.82, 2.24) is 15.0 Å². The number of hydrogen-bond donors (Lipinski definition) is 2. The zero-order valence-electron chi connectivity index (χ0n) is 18.0. The molecule has 2 aromatic heterocycles. The van der Waals surface area contributed by atoms with Crippen LogP contribution in [0.25, 0.3) is 22.4 Å². The summed E-state index contributed by atoms with van der Waals surface area (Å²) in [6, 6.07) is 16.5. The van der Waals surface area contributed by atoms with Gasteiger partial charge in [0.15, 0.2) is 11.5 Å². The predicted octanol–water partition coefficient (Wildman–Crippen LogP) is 5.67. The highest BCUT2D eigenvalue weighted by Crippen LogP contribution is 2.30. The highest BCUT2D eigenvalue weighted by molar-refractivity contribution is 7.07. The molecule has 9 heteroatoms. The maximum Gasteiger partial charge on any atom is 0.255 e. The first kappa shape index (κ1) is 21.6. The van der Waals surface area contributed by atoms with Crippen molar-refractivity contribution < 1.29 is 18.7 Å². The van der Waals surface area contributed by atoms with Gasteiger partial charge in [-0.1, -0.05) is 12.1 Å². The van der Waals surface area contributed by atoms with E-state index in [4.69, 9.17) is 9.47 Å². The lowest BCUT2D eigenvalue weighted by Crippen LogP contribution is -2.12. The van der Waals surface area contributed by atoms with Gasteiger partial charge in [0, 0.05) is 22.2 Å². The Hall–Kier alpha value is -4.24. The summed E-state index contributed by atoms with van der Waals surface area (Å²) < 4.78 is 24.7. The SMILES string of the molecule is COc1cc(C(=O)Nc2ccc3nc(-c4cccc(F)c4)[nH]c3c2)ccc1OCc1cscn1. The third kappa shape index (κ3) is 4.60. The number of hydrogen-bond acceptors (Lipinski definition) is 6. The second kappa shape index (κ2) is 9.32. The molecule has 0 atom stereocenters. The zero-order chi connectivity index (χ0) is 23.5. The average Bonchev–Trinajstić information content (AvgIpc) is 3.52. The number of benzene rings is 3. The monoisotopic (exact) mass is 474 g/mol. The maximum absolute atomic E-state index is 13.6. The largest absolute Gasteiger partial charge is 0.493 e. The molecule has 5 rings (SSSR count). The van der Waals surface area contributed by atoms with Gasteiger partial charge in [-0.15, -0.1) is 11.3 Å². The minimum absolute atomic E-state index is 0.298. The lowest BCUT2D eigenvalue weighted by Gasteiger charge is -2.12. The molecule has 0 aliphatic carbocycles. The summed E-state index contributed by atoms with van der Waals surface area (Å²) in [5, 5.41) is 4.79. The van der Waals surface area contributed by atoms with Crippen molar-refractivity contribution in [2.24, 2.45) is 0 Å². The van der Waals surface area contributed by atoms with Crippen LogP contribution in [0.4, 0.5) is 10.1 Å². The number of methoxy groups -OCH3 is 1. The van der Waals surface area contributed by atoms with Gasteiger partial charge in [0.25, 0.3) is 5.91 Å². The number of aromatic amines is 1. The molecule has 5 aromatic rings. The molecule has 34 heavy (non-hydrogen) atoms. The molecule has 0 saturated heterocycles. The normalized spacial score (nSPS) is 10.9. The Balaban J connectivity index is 1.32. The van der Waals surface area contributed by atoms with Crippen molar-refractivity contribution >= 4 is 34.0 Å². The number of halogens is 1. The highest BCUT2D eigenvalue weighted by Gasteiger charge is 2.13. The van der Waals surface area contributed by atoms with Gasteiger partial charge in [-0.2, -0.15) is 0 Å². The summed E-state index contributed by atoms with van der Waals surface area (Å²) in [6.07, 6.45) is 0. The maximum atomic E-state index is 13.6. The van der Waals surface area contributed by atoms with E-state index in [1.54, 1.807) is 54.0 Å². The molecule has 0 unspecified atom stereocenters. The first-order chi connectivity index (χ1) is 16.6. The van der Waals surface area contributed by atoms with Gasteiger partial charge >= 0.3 is 0 Å². The van der Waals surface area contributed by atoms with Crippen molar-refractivity contribution in [3.63, 3.8) is 0 Å². The molecule has 0 aliphatic rings. The molecule has 0 saturated carbocycles. The first-order valence-electron chi connectivity index (χ1n) is 10.3. The van der Waals surface area contributed by atoms with E-state index < -0.39 is 0 Å². The van der Waals surface area contributed by atoms with E-state index in [-0.39, 0.29) is 11.7 Å². The van der Waals surface area contributed by atoms with Gasteiger partial charge in [0.1, 0.15) is 18.2 Å². The van der Waals surface area contributed by atoms with E-state index in [9.17, 15) is 9.18 Å². The van der Waals surface area contributed by atoms with Crippen LogP contribution in [0.15, 0.2) is 71.6 Å². The van der Waals surface area contributed by atoms with E-state index in [0.717, 1.165) is 11.2 Å². The quantitative estimate of drug-likeness (QED) is 0.317. The highest BCUT2D eigenvalue weighted by atomic mass is 32.1. The summed E-state index contributed by atoms with van der Waals surface area (Å²) in [6.45, 7) is 0.313. The number of amides is 1. The van der Waals surface area contributed by atoms with Crippen molar-refractivity contribution in [2.75, 3.05) is 12.4 Å². The minimum atomic E-state index is -0.333. The number of carbonyl (C=O) groups is 1. The topological polar surface area (TPSA) is 89.1 Å². The number of fused-ring (bicyclic) bond motifs is 1. The van der Waals surface area contributed by atoms with Crippen LogP contribution in [0.1, 0.15) is 16.1 Å². The van der Waals surface area contributed by atoms with E-state index >= 15 is 0 Å². The molecule has 0 aliphatic heterocycles. The van der Waals surface area contributed by atoms with Gasteiger partial charge < -0.3 is 19.8 Å². The number of thiazole rings is 1. The number of ether oxygens (including phenoxy) is 2. The Kier molecular flexibility index (Phi) is 5.92. The van der Waals surface area contributed by atoms with Gasteiger partial charge in [-0.25, -0.2) is 14.4 Å². The first-order valence-corrected chi connectivity index (χ1v) is 11.3. The Labute approximate surface area is 198 Å². The van der Waals surface area contributed by atoms with Crippen LogP contribution in [0.5, 0.6) is 11.5 Å². The van der Waals surface area contributed by atoms with Crippen LogP contribution in [-0.4, -0.2) is 28.0 Å². The number of rotatable bonds is 7. The molecule has 7 nitrogen and oxygen atoms in total. The van der Waals surface area contributed by atoms with Crippen molar-refractivity contribution in [1.29, 1.82) is 0 Å². The summed E-state index contributed by atoms with van der Waals surface area (Å²) in [4.78, 5) is 24.7. The third-order valence-corrected chi connectivity index (χ3v) is 5.76. The van der Waals surface area contributed by atoms with Crippen molar-refractivity contribution in [3.8, 4) is 22.9 Å². The number of aromatic nitrogens is 3. The summed E-state index contributed by atoms with van der Waals surface area (Å²) >= 11 is 1.50. The van der Waals surface area contributed by atoms with Crippen LogP contribution in [0.3, 0.4) is 0 Å². The predicted molar refractivity (Wildman–Crippen MR) is 129 cm³/mol. The summed E-state index contributed by atoms with van der Waals surface area (Å²) in [5.74, 6) is 0.896. The minimum Gasteiger partial charge on any atom is -0.493 e. The van der Waals surface area contributed by atoms with E-state index in [0.29, 0.717) is 46.3 Å². The van der Waals surface area contributed by atoms with E-state index in [1.807, 2.05) is 5.38 Å². The molecule has 0 fully saturated rings. The molecule has 0 spiro atoms. The molecule has 2 heterocycles. The molecule has 0 radical (unpaired) electrons. The number of nitrogens with one attached hydrogen (secondary N) is 2. The number of H-pyrrole nitrogens is 1. The van der Waals surface area contributed by atoms with E-state index in [1.165, 1.54) is 30.6 Å². The fourth-order valence-electron chi connectivity index (χ4n) is 3.45. The second-order valence-corrected chi connectivity index (χ2v) is 8.13. The number of carbonyl (C=O) groups excluding carboxylic acids is 1. The Morgan fingerprint density at radius 2 is 2.03 bits per heavy atom. The zero-order valence-corrected chi connectivity index (χ0v) is 18.9. The van der Waals surface area contributed by atoms with E-state index in [2.05, 4.69) is 20.3 Å². The molecule has 170 valence electrons. The molecular formula is C25H19FN4O3S. The number of anilines is 1. The lowest BCUT2D eigenvalue weighted by atomic mass is 10.1. The fourth-order valence-corrected chi connectivity index (χ4v) is 3.99. The summed E-state index contributed by atoms with van der Waals surface area (Å²) in [7, 11) is 1.52. The number of nitrogens with zero attached hydrogens (tertiary/aromatic N) is 2. The van der Waals surface area contributed by atoms with Crippen LogP contribution >= 0.6 is 11.3 Å². The van der Waals surface area contributed by atoms with Crippen LogP contribution in [-0.2, 0) is 6.61 Å². The Bertz CT molecular complexity index is 1470. The fraction of sp³-hybridized carbons (Fsp3) is 0.0800. The standard InChI is InChI=1S/C25H19FN4O3S/c1-32-23-10-16(5-8-22(23)33-12-19-13-34-14-27-19)25(31)28-18-6-7-20-21(11-18)30-24(29-20)15-3-2-4-17(26)9-15/h2-11,13-14H,12H2,1H3,(H,28,31)(H,29,30). The van der Waals surface area contributed by atoms with Crippen molar-refractivity contribution in [3.05, 3.63) is 88.6 Å². The van der Waals surface area contributed by atoms with Gasteiger partial charge in [-0.3, -0.25) is 4.79 Å². The molecule has 2 N–H and O–H groups in total. The Morgan fingerprint density at radius 3 is 2.82 bits per heavy atom. The van der Waals surface area contributed by atoms with Gasteiger partial charge in [0.2, 0.25) is 0 Å². The van der Waals surface area contributed by atoms with Crippen LogP contribution < -0.4 is 14.8 Å². The van der Waals surface area contributed by atoms with Gasteiger partial charge in [-0.05, 0) is 48.5 Å². The lowest BCUT2D eigenvalue weighted by molar-refractivity contribution is 0.102. The average molecular weight is 475 g/mol. The Morgan fingerprint density at radius 1 is 1.12 bits per heavy atom. The molecule has 3 aromatic carbocycles. The number of imidazole rings is 1. The van der Waals surface area contributed by atoms with Crippen LogP contribution in [0, 0.1) is 5.82 Å². The summed E-state index contributed by atoms with van der Waals surface area (Å²) in [5.41, 5.74) is 5.65. The van der Waals surface area contributed by atoms with Crippen molar-refractivity contribution in [2.45, 2.75) is 6.61 Å². The third-order valence-electron chi connectivity index (χ3n) is 5.12. The molecule has 1 amide bonds.